The smallest absolute Gasteiger partial charge is 0.223 e. The molecule has 0 heterocycles. The van der Waals surface area contributed by atoms with Gasteiger partial charge in [0.2, 0.25) is 5.91 Å². The molecule has 1 saturated carbocycles. The van der Waals surface area contributed by atoms with Gasteiger partial charge in [0.15, 0.2) is 0 Å². The number of nitrogens with two attached hydrogens (primary N) is 1. The molecule has 0 aromatic rings. The van der Waals surface area contributed by atoms with E-state index in [1.54, 1.807) is 6.92 Å². The lowest BCUT2D eigenvalue weighted by atomic mass is 10.1. The van der Waals surface area contributed by atoms with Crippen LogP contribution in [-0.2, 0) is 4.79 Å². The number of carbonyl (C=O) groups is 1. The highest BCUT2D eigenvalue weighted by molar-refractivity contribution is 5.82. The Hall–Kier alpha value is -0.610. The Kier molecular flexibility index (Phi) is 3.17. The minimum atomic E-state index is -0.581. The Labute approximate surface area is 84.9 Å². The van der Waals surface area contributed by atoms with Crippen LogP contribution in [0.4, 0.5) is 0 Å². The van der Waals surface area contributed by atoms with Crippen molar-refractivity contribution in [3.63, 3.8) is 0 Å². The summed E-state index contributed by atoms with van der Waals surface area (Å²) < 4.78 is 0. The molecule has 4 N–H and O–H groups in total. The number of nitrogens with one attached hydrogen (secondary N) is 1. The van der Waals surface area contributed by atoms with Crippen molar-refractivity contribution in [1.29, 1.82) is 0 Å². The Morgan fingerprint density at radius 1 is 1.71 bits per heavy atom. The molecule has 0 spiro atoms. The van der Waals surface area contributed by atoms with Crippen LogP contribution in [0.5, 0.6) is 0 Å². The highest BCUT2D eigenvalue weighted by Gasteiger charge is 2.50. The first-order chi connectivity index (χ1) is 6.34. The van der Waals surface area contributed by atoms with Gasteiger partial charge in [-0.3, -0.25) is 4.79 Å². The van der Waals surface area contributed by atoms with Gasteiger partial charge >= 0.3 is 0 Å². The third-order valence-corrected chi connectivity index (χ3v) is 2.96. The fourth-order valence-electron chi connectivity index (χ4n) is 1.43. The molecule has 4 heteroatoms. The lowest BCUT2D eigenvalue weighted by molar-refractivity contribution is -0.123. The van der Waals surface area contributed by atoms with Crippen molar-refractivity contribution in [1.82, 2.24) is 5.32 Å². The molecule has 14 heavy (non-hydrogen) atoms. The molecule has 82 valence electrons. The molecule has 0 aromatic carbocycles. The zero-order valence-corrected chi connectivity index (χ0v) is 9.08. The monoisotopic (exact) mass is 200 g/mol. The lowest BCUT2D eigenvalue weighted by Gasteiger charge is -2.15. The van der Waals surface area contributed by atoms with Crippen LogP contribution in [0.15, 0.2) is 0 Å². The summed E-state index contributed by atoms with van der Waals surface area (Å²) in [5.74, 6) is 0.190. The topological polar surface area (TPSA) is 75.3 Å². The molecule has 3 unspecified atom stereocenters. The number of hydrogen-bond donors (Lipinski definition) is 3. The average molecular weight is 200 g/mol. The molecule has 0 bridgehead atoms. The second-order valence-electron chi connectivity index (χ2n) is 4.89. The van der Waals surface area contributed by atoms with Gasteiger partial charge in [-0.05, 0) is 18.8 Å². The number of hydrogen-bond acceptors (Lipinski definition) is 3. The highest BCUT2D eigenvalue weighted by Crippen LogP contribution is 2.51. The summed E-state index contributed by atoms with van der Waals surface area (Å²) in [6.07, 6.45) is 0.366. The predicted molar refractivity (Wildman–Crippen MR) is 54.6 cm³/mol. The Balaban J connectivity index is 2.23. The molecule has 0 aromatic heterocycles. The van der Waals surface area contributed by atoms with Gasteiger partial charge in [0, 0.05) is 18.5 Å². The zero-order valence-electron chi connectivity index (χ0n) is 9.08. The molecule has 3 atom stereocenters. The van der Waals surface area contributed by atoms with E-state index < -0.39 is 6.10 Å². The summed E-state index contributed by atoms with van der Waals surface area (Å²) in [7, 11) is 0. The minimum Gasteiger partial charge on any atom is -0.392 e. The van der Waals surface area contributed by atoms with E-state index in [1.165, 1.54) is 0 Å². The average Bonchev–Trinajstić information content (AvgIpc) is 2.70. The number of aliphatic hydroxyl groups excluding tert-OH is 1. The third-order valence-electron chi connectivity index (χ3n) is 2.96. The molecule has 4 nitrogen and oxygen atoms in total. The molecular weight excluding hydrogens is 180 g/mol. The molecule has 0 radical (unpaired) electrons. The predicted octanol–water partition coefficient (Wildman–Crippen LogP) is -0.143. The summed E-state index contributed by atoms with van der Waals surface area (Å²) >= 11 is 0. The first kappa shape index (κ1) is 11.5. The van der Waals surface area contributed by atoms with Crippen LogP contribution in [0.3, 0.4) is 0 Å². The quantitative estimate of drug-likeness (QED) is 0.591. The van der Waals surface area contributed by atoms with Gasteiger partial charge in [0.25, 0.3) is 0 Å². The maximum absolute atomic E-state index is 11.5. The Bertz CT molecular complexity index is 226. The zero-order chi connectivity index (χ0) is 10.9. The van der Waals surface area contributed by atoms with Crippen LogP contribution in [0, 0.1) is 11.3 Å². The van der Waals surface area contributed by atoms with E-state index in [0.29, 0.717) is 6.54 Å². The van der Waals surface area contributed by atoms with E-state index >= 15 is 0 Å². The fraction of sp³-hybridized carbons (Fsp3) is 0.900. The fourth-order valence-corrected chi connectivity index (χ4v) is 1.43. The minimum absolute atomic E-state index is 0.0612. The van der Waals surface area contributed by atoms with Crippen LogP contribution in [0.25, 0.3) is 0 Å². The molecular formula is C10H20N2O2. The van der Waals surface area contributed by atoms with Gasteiger partial charge in [0.1, 0.15) is 0 Å². The molecule has 1 aliphatic carbocycles. The highest BCUT2D eigenvalue weighted by atomic mass is 16.3. The van der Waals surface area contributed by atoms with Crippen molar-refractivity contribution in [2.75, 3.05) is 6.54 Å². The lowest BCUT2D eigenvalue weighted by Crippen LogP contribution is -2.44. The van der Waals surface area contributed by atoms with E-state index in [0.717, 1.165) is 6.42 Å². The van der Waals surface area contributed by atoms with E-state index in [2.05, 4.69) is 19.2 Å². The van der Waals surface area contributed by atoms with Crippen LogP contribution in [0.1, 0.15) is 27.2 Å². The van der Waals surface area contributed by atoms with Crippen LogP contribution >= 0.6 is 0 Å². The van der Waals surface area contributed by atoms with Gasteiger partial charge in [-0.2, -0.15) is 0 Å². The standard InChI is InChI=1S/C10H20N2O2/c1-6(13)8(11)5-12-9(14)7-4-10(7,2)3/h6-8,13H,4-5,11H2,1-3H3,(H,12,14). The molecule has 1 fully saturated rings. The first-order valence-corrected chi connectivity index (χ1v) is 5.06. The summed E-state index contributed by atoms with van der Waals surface area (Å²) in [6.45, 7) is 6.12. The van der Waals surface area contributed by atoms with Gasteiger partial charge in [-0.15, -0.1) is 0 Å². The second kappa shape index (κ2) is 3.87. The Morgan fingerprint density at radius 3 is 2.57 bits per heavy atom. The van der Waals surface area contributed by atoms with Crippen LogP contribution < -0.4 is 11.1 Å². The van der Waals surface area contributed by atoms with Gasteiger partial charge in [0.05, 0.1) is 6.10 Å². The van der Waals surface area contributed by atoms with Crippen LogP contribution in [0.2, 0.25) is 0 Å². The van der Waals surface area contributed by atoms with E-state index in [4.69, 9.17) is 10.8 Å². The summed E-state index contributed by atoms with van der Waals surface area (Å²) in [6, 6.07) is -0.374. The molecule has 1 rings (SSSR count). The van der Waals surface area contributed by atoms with Crippen molar-refractivity contribution >= 4 is 5.91 Å². The van der Waals surface area contributed by atoms with Crippen molar-refractivity contribution in [2.24, 2.45) is 17.1 Å². The normalized spacial score (nSPS) is 27.9. The maximum atomic E-state index is 11.5. The van der Waals surface area contributed by atoms with E-state index in [1.807, 2.05) is 0 Å². The molecule has 1 amide bonds. The number of carbonyl (C=O) groups excluding carboxylic acids is 1. The first-order valence-electron chi connectivity index (χ1n) is 5.06. The van der Waals surface area contributed by atoms with Gasteiger partial charge in [-0.1, -0.05) is 13.8 Å². The van der Waals surface area contributed by atoms with Gasteiger partial charge < -0.3 is 16.2 Å². The van der Waals surface area contributed by atoms with Crippen molar-refractivity contribution < 1.29 is 9.90 Å². The van der Waals surface area contributed by atoms with Crippen molar-refractivity contribution in [3.8, 4) is 0 Å². The second-order valence-corrected chi connectivity index (χ2v) is 4.89. The summed E-state index contributed by atoms with van der Waals surface area (Å²) in [5.41, 5.74) is 5.74. The van der Waals surface area contributed by atoms with E-state index in [9.17, 15) is 4.79 Å². The van der Waals surface area contributed by atoms with Crippen molar-refractivity contribution in [3.05, 3.63) is 0 Å². The summed E-state index contributed by atoms with van der Waals surface area (Å²) in [4.78, 5) is 11.5. The molecule has 0 aliphatic heterocycles. The number of aliphatic hydroxyl groups is 1. The molecule has 0 saturated heterocycles. The van der Waals surface area contributed by atoms with Gasteiger partial charge in [-0.25, -0.2) is 0 Å². The largest absolute Gasteiger partial charge is 0.392 e. The van der Waals surface area contributed by atoms with E-state index in [-0.39, 0.29) is 23.3 Å². The number of amides is 1. The number of rotatable bonds is 4. The Morgan fingerprint density at radius 2 is 2.21 bits per heavy atom. The molecule has 1 aliphatic rings. The van der Waals surface area contributed by atoms with Crippen LogP contribution in [-0.4, -0.2) is 29.7 Å². The maximum Gasteiger partial charge on any atom is 0.223 e. The third kappa shape index (κ3) is 2.69. The van der Waals surface area contributed by atoms with Crippen molar-refractivity contribution in [2.45, 2.75) is 39.3 Å². The SMILES string of the molecule is CC(O)C(N)CNC(=O)C1CC1(C)C. The summed E-state index contributed by atoms with van der Waals surface area (Å²) in [5, 5.41) is 11.9.